The zero-order valence-corrected chi connectivity index (χ0v) is 10.7. The summed E-state index contributed by atoms with van der Waals surface area (Å²) in [7, 11) is -2.58. The van der Waals surface area contributed by atoms with Crippen LogP contribution < -0.4 is 4.72 Å². The van der Waals surface area contributed by atoms with E-state index in [1.807, 2.05) is 0 Å². The molecule has 1 atom stereocenters. The number of sulfonamides is 1. The van der Waals surface area contributed by atoms with Crippen LogP contribution in [0.3, 0.4) is 0 Å². The summed E-state index contributed by atoms with van der Waals surface area (Å²) >= 11 is 0. The lowest BCUT2D eigenvalue weighted by Crippen LogP contribution is -2.44. The molecule has 17 heavy (non-hydrogen) atoms. The number of ketones is 1. The first-order valence-corrected chi connectivity index (χ1v) is 7.02. The van der Waals surface area contributed by atoms with E-state index in [4.69, 9.17) is 0 Å². The molecule has 0 saturated heterocycles. The van der Waals surface area contributed by atoms with E-state index < -0.39 is 21.2 Å². The molecule has 1 saturated carbocycles. The van der Waals surface area contributed by atoms with Crippen molar-refractivity contribution >= 4 is 21.8 Å². The maximum absolute atomic E-state index is 11.8. The normalized spacial score (nSPS) is 20.0. The number of ether oxygens (including phenoxy) is 1. The number of hydrogen-bond donors (Lipinski definition) is 1. The van der Waals surface area contributed by atoms with Crippen molar-refractivity contribution in [1.29, 1.82) is 0 Å². The molecule has 7 heteroatoms. The smallest absolute Gasteiger partial charge is 0.325 e. The molecule has 0 aromatic carbocycles. The average Bonchev–Trinajstić information content (AvgIpc) is 2.30. The number of hydrogen-bond acceptors (Lipinski definition) is 5. The van der Waals surface area contributed by atoms with Crippen LogP contribution in [0.5, 0.6) is 0 Å². The van der Waals surface area contributed by atoms with Gasteiger partial charge in [0.1, 0.15) is 5.78 Å². The van der Waals surface area contributed by atoms with Crippen molar-refractivity contribution in [2.45, 2.75) is 43.9 Å². The minimum Gasteiger partial charge on any atom is -0.468 e. The Morgan fingerprint density at radius 2 is 1.94 bits per heavy atom. The highest BCUT2D eigenvalue weighted by Crippen LogP contribution is 2.16. The lowest BCUT2D eigenvalue weighted by Gasteiger charge is -2.23. The minimum absolute atomic E-state index is 0.154. The van der Waals surface area contributed by atoms with E-state index in [9.17, 15) is 18.0 Å². The second-order valence-electron chi connectivity index (χ2n) is 4.14. The van der Waals surface area contributed by atoms with Gasteiger partial charge in [0.15, 0.2) is 5.25 Å². The van der Waals surface area contributed by atoms with Crippen LogP contribution >= 0.6 is 0 Å². The van der Waals surface area contributed by atoms with Gasteiger partial charge in [-0.05, 0) is 19.8 Å². The number of carbonyl (C=O) groups is 2. The number of rotatable bonds is 4. The van der Waals surface area contributed by atoms with Crippen molar-refractivity contribution in [3.05, 3.63) is 0 Å². The average molecular weight is 263 g/mol. The van der Waals surface area contributed by atoms with Gasteiger partial charge in [0.2, 0.25) is 10.0 Å². The first kappa shape index (κ1) is 14.1. The molecule has 0 spiro atoms. The van der Waals surface area contributed by atoms with Crippen LogP contribution in [-0.4, -0.2) is 38.6 Å². The monoisotopic (exact) mass is 263 g/mol. The van der Waals surface area contributed by atoms with Crippen molar-refractivity contribution in [1.82, 2.24) is 4.72 Å². The summed E-state index contributed by atoms with van der Waals surface area (Å²) in [4.78, 5) is 22.2. The van der Waals surface area contributed by atoms with E-state index in [1.54, 1.807) is 0 Å². The summed E-state index contributed by atoms with van der Waals surface area (Å²) in [6.07, 6.45) is 1.76. The van der Waals surface area contributed by atoms with Crippen LogP contribution in [0.15, 0.2) is 0 Å². The summed E-state index contributed by atoms with van der Waals surface area (Å²) in [6, 6.07) is -0.259. The predicted molar refractivity (Wildman–Crippen MR) is 60.8 cm³/mol. The fraction of sp³-hybridized carbons (Fsp3) is 0.800. The molecule has 1 aliphatic rings. The van der Waals surface area contributed by atoms with Crippen molar-refractivity contribution in [3.8, 4) is 0 Å². The Balaban J connectivity index is 2.60. The number of methoxy groups -OCH3 is 1. The lowest BCUT2D eigenvalue weighted by molar-refractivity contribution is -0.139. The predicted octanol–water partition coefficient (Wildman–Crippen LogP) is -0.0210. The van der Waals surface area contributed by atoms with Crippen molar-refractivity contribution in [2.24, 2.45) is 0 Å². The van der Waals surface area contributed by atoms with Gasteiger partial charge in [-0.1, -0.05) is 0 Å². The minimum atomic E-state index is -3.72. The third-order valence-corrected chi connectivity index (χ3v) is 4.66. The highest BCUT2D eigenvalue weighted by Gasteiger charge is 2.32. The maximum Gasteiger partial charge on any atom is 0.325 e. The third-order valence-electron chi connectivity index (χ3n) is 2.87. The SMILES string of the molecule is COC(=O)C(C)S(=O)(=O)NC1CCC(=O)CC1. The standard InChI is InChI=1S/C10H17NO5S/c1-7(10(13)16-2)17(14,15)11-8-3-5-9(12)6-4-8/h7-8,11H,3-6H2,1-2H3. The molecule has 0 radical (unpaired) electrons. The van der Waals surface area contributed by atoms with Crippen LogP contribution in [0.4, 0.5) is 0 Å². The maximum atomic E-state index is 11.8. The summed E-state index contributed by atoms with van der Waals surface area (Å²) in [5.74, 6) is -0.633. The second kappa shape index (κ2) is 5.59. The molecule has 0 aliphatic heterocycles. The molecule has 0 amide bonds. The molecule has 0 aromatic rings. The number of nitrogens with one attached hydrogen (secondary N) is 1. The molecule has 0 heterocycles. The Kier molecular flexibility index (Phi) is 4.64. The fourth-order valence-corrected chi connectivity index (χ4v) is 2.94. The van der Waals surface area contributed by atoms with E-state index in [0.717, 1.165) is 7.11 Å². The topological polar surface area (TPSA) is 89.5 Å². The Hall–Kier alpha value is -0.950. The molecule has 0 aromatic heterocycles. The Bertz CT molecular complexity index is 393. The van der Waals surface area contributed by atoms with Gasteiger partial charge in [-0.2, -0.15) is 0 Å². The second-order valence-corrected chi connectivity index (χ2v) is 6.17. The quantitative estimate of drug-likeness (QED) is 0.720. The molecular formula is C10H17NO5S. The zero-order valence-electron chi connectivity index (χ0n) is 9.93. The summed E-state index contributed by atoms with van der Waals surface area (Å²) < 4.78 is 30.4. The molecule has 0 bridgehead atoms. The Morgan fingerprint density at radius 3 is 2.41 bits per heavy atom. The van der Waals surface area contributed by atoms with Gasteiger partial charge >= 0.3 is 5.97 Å². The molecular weight excluding hydrogens is 246 g/mol. The van der Waals surface area contributed by atoms with Crippen molar-refractivity contribution in [3.63, 3.8) is 0 Å². The van der Waals surface area contributed by atoms with Crippen LogP contribution in [0.25, 0.3) is 0 Å². The number of Topliss-reactive ketones (excluding diaryl/α,β-unsaturated/α-hetero) is 1. The van der Waals surface area contributed by atoms with E-state index in [0.29, 0.717) is 25.7 Å². The molecule has 1 fully saturated rings. The van der Waals surface area contributed by atoms with Crippen LogP contribution in [-0.2, 0) is 24.3 Å². The lowest BCUT2D eigenvalue weighted by atomic mass is 9.95. The van der Waals surface area contributed by atoms with Crippen molar-refractivity contribution in [2.75, 3.05) is 7.11 Å². The fourth-order valence-electron chi connectivity index (χ4n) is 1.68. The summed E-state index contributed by atoms with van der Waals surface area (Å²) in [5.41, 5.74) is 0. The third kappa shape index (κ3) is 3.78. The Morgan fingerprint density at radius 1 is 1.41 bits per heavy atom. The largest absolute Gasteiger partial charge is 0.468 e. The molecule has 1 rings (SSSR count). The van der Waals surface area contributed by atoms with E-state index in [2.05, 4.69) is 9.46 Å². The van der Waals surface area contributed by atoms with Gasteiger partial charge in [0.25, 0.3) is 0 Å². The van der Waals surface area contributed by atoms with Gasteiger partial charge in [-0.25, -0.2) is 13.1 Å². The molecule has 98 valence electrons. The molecule has 6 nitrogen and oxygen atoms in total. The van der Waals surface area contributed by atoms with Crippen LogP contribution in [0.2, 0.25) is 0 Å². The highest BCUT2D eigenvalue weighted by atomic mass is 32.2. The number of carbonyl (C=O) groups excluding carboxylic acids is 2. The van der Waals surface area contributed by atoms with Crippen LogP contribution in [0.1, 0.15) is 32.6 Å². The number of esters is 1. The van der Waals surface area contributed by atoms with Gasteiger partial charge in [0.05, 0.1) is 7.11 Å². The zero-order chi connectivity index (χ0) is 13.1. The van der Waals surface area contributed by atoms with Gasteiger partial charge in [0, 0.05) is 18.9 Å². The summed E-state index contributed by atoms with van der Waals surface area (Å²) in [6.45, 7) is 1.28. The Labute approximate surface area is 101 Å². The first-order valence-electron chi connectivity index (χ1n) is 5.47. The first-order chi connectivity index (χ1) is 7.86. The van der Waals surface area contributed by atoms with E-state index in [-0.39, 0.29) is 11.8 Å². The highest BCUT2D eigenvalue weighted by molar-refractivity contribution is 7.90. The molecule has 1 aliphatic carbocycles. The van der Waals surface area contributed by atoms with E-state index >= 15 is 0 Å². The van der Waals surface area contributed by atoms with Crippen LogP contribution in [0, 0.1) is 0 Å². The van der Waals surface area contributed by atoms with Crippen molar-refractivity contribution < 1.29 is 22.7 Å². The van der Waals surface area contributed by atoms with E-state index in [1.165, 1.54) is 6.92 Å². The summed E-state index contributed by atoms with van der Waals surface area (Å²) in [5, 5.41) is -1.23. The van der Waals surface area contributed by atoms with Gasteiger partial charge in [-0.3, -0.25) is 9.59 Å². The molecule has 1 N–H and O–H groups in total. The molecule has 1 unspecified atom stereocenters. The van der Waals surface area contributed by atoms with Gasteiger partial charge in [-0.15, -0.1) is 0 Å². The van der Waals surface area contributed by atoms with Gasteiger partial charge < -0.3 is 4.74 Å².